The summed E-state index contributed by atoms with van der Waals surface area (Å²) in [7, 11) is 0. The molecule has 1 fully saturated rings. The maximum atomic E-state index is 6.03. The molecule has 2 unspecified atom stereocenters. The Balaban J connectivity index is 2.10. The van der Waals surface area contributed by atoms with Crippen molar-refractivity contribution in [2.24, 2.45) is 5.73 Å². The average Bonchev–Trinajstić information content (AvgIpc) is 2.86. The van der Waals surface area contributed by atoms with E-state index in [4.69, 9.17) is 5.73 Å². The first-order valence-corrected chi connectivity index (χ1v) is 7.72. The molecule has 96 valence electrons. The predicted octanol–water partition coefficient (Wildman–Crippen LogP) is 3.05. The van der Waals surface area contributed by atoms with Gasteiger partial charge in [0, 0.05) is 23.4 Å². The summed E-state index contributed by atoms with van der Waals surface area (Å²) in [5, 5.41) is 2.17. The highest BCUT2D eigenvalue weighted by molar-refractivity contribution is 7.10. The SMILES string of the molecule is CCCN1CCCCC1C(CN)c1cccs1. The van der Waals surface area contributed by atoms with Crippen molar-refractivity contribution in [2.45, 2.75) is 44.6 Å². The molecule has 2 heterocycles. The highest BCUT2D eigenvalue weighted by atomic mass is 32.1. The number of nitrogens with zero attached hydrogens (tertiary/aromatic N) is 1. The Morgan fingerprint density at radius 3 is 3.06 bits per heavy atom. The smallest absolute Gasteiger partial charge is 0.0211 e. The third kappa shape index (κ3) is 3.09. The number of likely N-dealkylation sites (tertiary alicyclic amines) is 1. The Morgan fingerprint density at radius 2 is 2.41 bits per heavy atom. The first kappa shape index (κ1) is 13.1. The summed E-state index contributed by atoms with van der Waals surface area (Å²) < 4.78 is 0. The Labute approximate surface area is 109 Å². The van der Waals surface area contributed by atoms with Crippen LogP contribution in [0.2, 0.25) is 0 Å². The van der Waals surface area contributed by atoms with Crippen molar-refractivity contribution in [3.8, 4) is 0 Å². The van der Waals surface area contributed by atoms with Crippen molar-refractivity contribution in [2.75, 3.05) is 19.6 Å². The van der Waals surface area contributed by atoms with Crippen molar-refractivity contribution in [3.05, 3.63) is 22.4 Å². The van der Waals surface area contributed by atoms with E-state index in [-0.39, 0.29) is 0 Å². The maximum absolute atomic E-state index is 6.03. The fourth-order valence-corrected chi connectivity index (χ4v) is 3.90. The summed E-state index contributed by atoms with van der Waals surface area (Å²) in [4.78, 5) is 4.14. The lowest BCUT2D eigenvalue weighted by Crippen LogP contribution is -2.45. The van der Waals surface area contributed by atoms with Crippen LogP contribution in [0.1, 0.15) is 43.4 Å². The van der Waals surface area contributed by atoms with E-state index in [1.165, 1.54) is 43.6 Å². The molecule has 1 aliphatic heterocycles. The van der Waals surface area contributed by atoms with E-state index >= 15 is 0 Å². The highest BCUT2D eigenvalue weighted by Crippen LogP contribution is 2.32. The molecule has 2 N–H and O–H groups in total. The number of thiophene rings is 1. The normalized spacial score (nSPS) is 23.8. The molecule has 0 aromatic carbocycles. The van der Waals surface area contributed by atoms with Gasteiger partial charge >= 0.3 is 0 Å². The Kier molecular flexibility index (Phi) is 5.01. The van der Waals surface area contributed by atoms with Gasteiger partial charge in [-0.25, -0.2) is 0 Å². The van der Waals surface area contributed by atoms with Crippen LogP contribution in [0.25, 0.3) is 0 Å². The van der Waals surface area contributed by atoms with Crippen LogP contribution in [0.3, 0.4) is 0 Å². The Hall–Kier alpha value is -0.380. The van der Waals surface area contributed by atoms with Gasteiger partial charge in [0.1, 0.15) is 0 Å². The third-order valence-corrected chi connectivity index (χ3v) is 4.81. The van der Waals surface area contributed by atoms with E-state index in [0.717, 1.165) is 6.54 Å². The van der Waals surface area contributed by atoms with Gasteiger partial charge in [0.2, 0.25) is 0 Å². The molecule has 0 aliphatic carbocycles. The lowest BCUT2D eigenvalue weighted by atomic mass is 9.89. The van der Waals surface area contributed by atoms with Gasteiger partial charge in [0.15, 0.2) is 0 Å². The molecule has 0 radical (unpaired) electrons. The van der Waals surface area contributed by atoms with Crippen molar-refractivity contribution >= 4 is 11.3 Å². The second-order valence-corrected chi connectivity index (χ2v) is 5.94. The van der Waals surface area contributed by atoms with Gasteiger partial charge < -0.3 is 5.73 Å². The molecule has 17 heavy (non-hydrogen) atoms. The zero-order chi connectivity index (χ0) is 12.1. The molecule has 2 atom stereocenters. The molecule has 1 aliphatic rings. The van der Waals surface area contributed by atoms with Crippen LogP contribution in [-0.2, 0) is 0 Å². The minimum absolute atomic E-state index is 0.543. The molecular formula is C14H24N2S. The molecule has 2 rings (SSSR count). The summed E-state index contributed by atoms with van der Waals surface area (Å²) in [5.41, 5.74) is 6.03. The topological polar surface area (TPSA) is 29.3 Å². The first-order chi connectivity index (χ1) is 8.36. The second kappa shape index (κ2) is 6.53. The zero-order valence-electron chi connectivity index (χ0n) is 10.8. The Bertz CT molecular complexity index is 308. The minimum Gasteiger partial charge on any atom is -0.330 e. The van der Waals surface area contributed by atoms with Crippen molar-refractivity contribution in [1.82, 2.24) is 4.90 Å². The van der Waals surface area contributed by atoms with Crippen molar-refractivity contribution in [1.29, 1.82) is 0 Å². The van der Waals surface area contributed by atoms with Gasteiger partial charge in [-0.05, 0) is 43.8 Å². The largest absolute Gasteiger partial charge is 0.330 e. The van der Waals surface area contributed by atoms with Crippen LogP contribution in [0.15, 0.2) is 17.5 Å². The standard InChI is InChI=1S/C14H24N2S/c1-2-8-16-9-4-3-6-13(16)12(11-15)14-7-5-10-17-14/h5,7,10,12-13H,2-4,6,8-9,11,15H2,1H3. The molecule has 1 aromatic heterocycles. The first-order valence-electron chi connectivity index (χ1n) is 6.84. The Morgan fingerprint density at radius 1 is 1.53 bits per heavy atom. The molecular weight excluding hydrogens is 228 g/mol. The van der Waals surface area contributed by atoms with E-state index in [2.05, 4.69) is 29.3 Å². The van der Waals surface area contributed by atoms with E-state index in [1.54, 1.807) is 0 Å². The van der Waals surface area contributed by atoms with Crippen LogP contribution in [-0.4, -0.2) is 30.6 Å². The number of hydrogen-bond donors (Lipinski definition) is 1. The maximum Gasteiger partial charge on any atom is 0.0211 e. The summed E-state index contributed by atoms with van der Waals surface area (Å²) in [6, 6.07) is 5.07. The number of nitrogens with two attached hydrogens (primary N) is 1. The molecule has 3 heteroatoms. The van der Waals surface area contributed by atoms with Crippen LogP contribution in [0.4, 0.5) is 0 Å². The lowest BCUT2D eigenvalue weighted by Gasteiger charge is -2.39. The van der Waals surface area contributed by atoms with Gasteiger partial charge in [-0.1, -0.05) is 19.4 Å². The minimum atomic E-state index is 0.543. The quantitative estimate of drug-likeness (QED) is 0.872. The van der Waals surface area contributed by atoms with E-state index < -0.39 is 0 Å². The van der Waals surface area contributed by atoms with Gasteiger partial charge in [0.25, 0.3) is 0 Å². The van der Waals surface area contributed by atoms with Gasteiger partial charge in [0.05, 0.1) is 0 Å². The van der Waals surface area contributed by atoms with E-state index in [1.807, 2.05) is 11.3 Å². The van der Waals surface area contributed by atoms with Gasteiger partial charge in [-0.2, -0.15) is 0 Å². The zero-order valence-corrected chi connectivity index (χ0v) is 11.6. The van der Waals surface area contributed by atoms with Crippen molar-refractivity contribution in [3.63, 3.8) is 0 Å². The summed E-state index contributed by atoms with van der Waals surface area (Å²) in [6.07, 6.45) is 5.29. The summed E-state index contributed by atoms with van der Waals surface area (Å²) in [6.45, 7) is 5.55. The summed E-state index contributed by atoms with van der Waals surface area (Å²) >= 11 is 1.86. The number of hydrogen-bond acceptors (Lipinski definition) is 3. The second-order valence-electron chi connectivity index (χ2n) is 4.96. The van der Waals surface area contributed by atoms with E-state index in [0.29, 0.717) is 12.0 Å². The predicted molar refractivity (Wildman–Crippen MR) is 75.6 cm³/mol. The number of piperidine rings is 1. The summed E-state index contributed by atoms with van der Waals surface area (Å²) in [5.74, 6) is 0.543. The van der Waals surface area contributed by atoms with Crippen LogP contribution in [0, 0.1) is 0 Å². The van der Waals surface area contributed by atoms with Crippen LogP contribution >= 0.6 is 11.3 Å². The number of rotatable bonds is 5. The molecule has 2 nitrogen and oxygen atoms in total. The fourth-order valence-electron chi connectivity index (χ4n) is 3.00. The van der Waals surface area contributed by atoms with E-state index in [9.17, 15) is 0 Å². The van der Waals surface area contributed by atoms with Crippen LogP contribution < -0.4 is 5.73 Å². The fraction of sp³-hybridized carbons (Fsp3) is 0.714. The molecule has 0 amide bonds. The monoisotopic (exact) mass is 252 g/mol. The lowest BCUT2D eigenvalue weighted by molar-refractivity contribution is 0.128. The van der Waals surface area contributed by atoms with Crippen molar-refractivity contribution < 1.29 is 0 Å². The van der Waals surface area contributed by atoms with Gasteiger partial charge in [-0.15, -0.1) is 11.3 Å². The van der Waals surface area contributed by atoms with Gasteiger partial charge in [-0.3, -0.25) is 4.90 Å². The molecule has 1 saturated heterocycles. The molecule has 0 bridgehead atoms. The molecule has 0 spiro atoms. The molecule has 1 aromatic rings. The average molecular weight is 252 g/mol. The third-order valence-electron chi connectivity index (χ3n) is 3.80. The highest BCUT2D eigenvalue weighted by Gasteiger charge is 2.29. The molecule has 0 saturated carbocycles. The van der Waals surface area contributed by atoms with Crippen LogP contribution in [0.5, 0.6) is 0 Å².